The molecule has 0 spiro atoms. The number of nitrogens with one attached hydrogen (secondary N) is 1. The van der Waals surface area contributed by atoms with Crippen molar-refractivity contribution in [3.8, 4) is 12.1 Å². The van der Waals surface area contributed by atoms with Gasteiger partial charge >= 0.3 is 6.18 Å². The van der Waals surface area contributed by atoms with E-state index in [0.717, 1.165) is 23.3 Å². The van der Waals surface area contributed by atoms with Gasteiger partial charge in [-0.2, -0.15) is 23.7 Å². The highest BCUT2D eigenvalue weighted by atomic mass is 19.4. The number of ketones is 1. The van der Waals surface area contributed by atoms with Gasteiger partial charge in [-0.15, -0.1) is 0 Å². The van der Waals surface area contributed by atoms with Crippen LogP contribution in [0.3, 0.4) is 0 Å². The average molecular weight is 450 g/mol. The summed E-state index contributed by atoms with van der Waals surface area (Å²) in [6.07, 6.45) is -0.825. The lowest BCUT2D eigenvalue weighted by Crippen LogP contribution is -3.12. The Morgan fingerprint density at radius 2 is 1.61 bits per heavy atom. The van der Waals surface area contributed by atoms with E-state index < -0.39 is 40.6 Å². The van der Waals surface area contributed by atoms with Gasteiger partial charge in [0.15, 0.2) is 17.9 Å². The third-order valence-corrected chi connectivity index (χ3v) is 6.72. The number of benzene rings is 2. The molecule has 1 fully saturated rings. The maximum atomic E-state index is 13.7. The van der Waals surface area contributed by atoms with Crippen LogP contribution >= 0.6 is 0 Å². The molecule has 1 saturated heterocycles. The van der Waals surface area contributed by atoms with Crippen LogP contribution in [0.2, 0.25) is 0 Å². The zero-order valence-corrected chi connectivity index (χ0v) is 18.4. The predicted octanol–water partition coefficient (Wildman–Crippen LogP) is 4.43. The number of alkyl halides is 3. The fraction of sp³-hybridized carbons (Fsp3) is 0.346. The van der Waals surface area contributed by atoms with Gasteiger partial charge < -0.3 is 0 Å². The van der Waals surface area contributed by atoms with Gasteiger partial charge in [-0.25, -0.2) is 0 Å². The lowest BCUT2D eigenvalue weighted by molar-refractivity contribution is -0.885. The number of hydrogen-bond donors (Lipinski definition) is 1. The Kier molecular flexibility index (Phi) is 5.22. The molecule has 2 aromatic carbocycles. The van der Waals surface area contributed by atoms with E-state index in [1.165, 1.54) is 12.1 Å². The van der Waals surface area contributed by atoms with Crippen LogP contribution < -0.4 is 4.90 Å². The normalized spacial score (nSPS) is 25.5. The highest BCUT2D eigenvalue weighted by Crippen LogP contribution is 2.52. The van der Waals surface area contributed by atoms with Crippen LogP contribution in [0.25, 0.3) is 6.08 Å². The molecule has 2 aromatic rings. The van der Waals surface area contributed by atoms with E-state index >= 15 is 0 Å². The second-order valence-corrected chi connectivity index (χ2v) is 9.68. The van der Waals surface area contributed by atoms with Crippen molar-refractivity contribution < 1.29 is 22.9 Å². The number of hydrogen-bond acceptors (Lipinski definition) is 3. The summed E-state index contributed by atoms with van der Waals surface area (Å²) in [4.78, 5) is 14.4. The highest BCUT2D eigenvalue weighted by Gasteiger charge is 2.68. The lowest BCUT2D eigenvalue weighted by atomic mass is 9.66. The van der Waals surface area contributed by atoms with Gasteiger partial charge in [0.2, 0.25) is 5.41 Å². The van der Waals surface area contributed by atoms with Crippen molar-refractivity contribution in [2.75, 3.05) is 0 Å². The first-order valence-corrected chi connectivity index (χ1v) is 10.6. The number of carbonyl (C=O) groups excluding carboxylic acids is 1. The summed E-state index contributed by atoms with van der Waals surface area (Å²) in [5, 5.41) is 20.8. The zero-order valence-electron chi connectivity index (χ0n) is 18.4. The second kappa shape index (κ2) is 7.57. The van der Waals surface area contributed by atoms with Crippen molar-refractivity contribution in [3.05, 3.63) is 77.0 Å². The molecule has 4 nitrogen and oxygen atoms in total. The molecule has 0 bridgehead atoms. The molecule has 0 aliphatic carbocycles. The van der Waals surface area contributed by atoms with Gasteiger partial charge in [0.1, 0.15) is 0 Å². The number of nitrogens with zero attached hydrogens (tertiary/aromatic N) is 2. The molecule has 33 heavy (non-hydrogen) atoms. The molecule has 1 unspecified atom stereocenters. The summed E-state index contributed by atoms with van der Waals surface area (Å²) in [5.41, 5.74) is -1.24. The Balaban J connectivity index is 1.98. The number of Topliss-reactive ketones (excluding diaryl/α,β-unsaturated/α-hetero) is 1. The SMILES string of the molecule is CC(C)(C)C(=O)[C@H]1[C@H](c2ccc(C(F)(F)F)cc2)C(C#N)(C#N)[C@@H]2c3ccccc3C=C[NH+]21. The second-order valence-electron chi connectivity index (χ2n) is 9.68. The largest absolute Gasteiger partial charge is 0.416 e. The molecular weight excluding hydrogens is 427 g/mol. The van der Waals surface area contributed by atoms with E-state index in [1.54, 1.807) is 20.8 Å². The number of nitriles is 2. The fourth-order valence-electron chi connectivity index (χ4n) is 5.21. The molecule has 168 valence electrons. The fourth-order valence-corrected chi connectivity index (χ4v) is 5.21. The van der Waals surface area contributed by atoms with Gasteiger partial charge in [0.25, 0.3) is 0 Å². The van der Waals surface area contributed by atoms with Gasteiger partial charge in [0, 0.05) is 11.0 Å². The molecule has 2 heterocycles. The minimum absolute atomic E-state index is 0.149. The lowest BCUT2D eigenvalue weighted by Gasteiger charge is -2.31. The van der Waals surface area contributed by atoms with Crippen LogP contribution in [0, 0.1) is 33.5 Å². The van der Waals surface area contributed by atoms with E-state index in [1.807, 2.05) is 36.5 Å². The summed E-state index contributed by atoms with van der Waals surface area (Å²) in [7, 11) is 0. The van der Waals surface area contributed by atoms with Gasteiger partial charge in [0.05, 0.1) is 29.8 Å². The molecule has 0 saturated carbocycles. The number of quaternary nitrogens is 1. The zero-order chi connectivity index (χ0) is 24.2. The first-order valence-electron chi connectivity index (χ1n) is 10.6. The van der Waals surface area contributed by atoms with Gasteiger partial charge in [-0.1, -0.05) is 57.2 Å². The number of fused-ring (bicyclic) bond motifs is 3. The first kappa shape index (κ1) is 22.8. The molecular formula is C26H23F3N3O+. The molecule has 0 amide bonds. The molecule has 1 N–H and O–H groups in total. The van der Waals surface area contributed by atoms with Crippen molar-refractivity contribution in [2.45, 2.75) is 44.9 Å². The predicted molar refractivity (Wildman–Crippen MR) is 115 cm³/mol. The van der Waals surface area contributed by atoms with Crippen LogP contribution in [-0.2, 0) is 11.0 Å². The van der Waals surface area contributed by atoms with E-state index in [4.69, 9.17) is 0 Å². The standard InChI is InChI=1S/C26H22F3N3O/c1-24(2,3)23(33)21-20(17-8-10-18(11-9-17)26(27,28)29)25(14-30,15-31)22-19-7-5-4-6-16(19)12-13-32(21)22/h4-13,20-22H,1-3H3/p+1/t20-,21+,22-/m0/s1. The first-order chi connectivity index (χ1) is 15.5. The molecule has 4 atom stereocenters. The van der Waals surface area contributed by atoms with Crippen LogP contribution in [0.4, 0.5) is 13.2 Å². The molecule has 2 aliphatic heterocycles. The summed E-state index contributed by atoms with van der Waals surface area (Å²) in [6, 6.07) is 14.9. The van der Waals surface area contributed by atoms with Crippen LogP contribution in [0.5, 0.6) is 0 Å². The Morgan fingerprint density at radius 3 is 2.15 bits per heavy atom. The Bertz CT molecular complexity index is 1200. The summed E-state index contributed by atoms with van der Waals surface area (Å²) >= 11 is 0. The Hall–Kier alpha value is -3.42. The molecule has 4 rings (SSSR count). The topological polar surface area (TPSA) is 69.1 Å². The number of rotatable bonds is 2. The number of halogens is 3. The maximum Gasteiger partial charge on any atom is 0.416 e. The van der Waals surface area contributed by atoms with Gasteiger partial charge in [-0.05, 0) is 29.3 Å². The maximum absolute atomic E-state index is 13.7. The minimum atomic E-state index is -4.51. The minimum Gasteiger partial charge on any atom is -0.292 e. The van der Waals surface area contributed by atoms with Crippen LogP contribution in [0.1, 0.15) is 55.0 Å². The van der Waals surface area contributed by atoms with E-state index in [9.17, 15) is 28.5 Å². The van der Waals surface area contributed by atoms with E-state index in [2.05, 4.69) is 12.1 Å². The monoisotopic (exact) mass is 450 g/mol. The third-order valence-electron chi connectivity index (χ3n) is 6.72. The number of carbonyl (C=O) groups is 1. The van der Waals surface area contributed by atoms with Crippen molar-refractivity contribution in [2.24, 2.45) is 10.8 Å². The van der Waals surface area contributed by atoms with E-state index in [0.29, 0.717) is 10.5 Å². The summed E-state index contributed by atoms with van der Waals surface area (Å²) < 4.78 is 39.5. The smallest absolute Gasteiger partial charge is 0.292 e. The Labute approximate surface area is 190 Å². The van der Waals surface area contributed by atoms with Crippen molar-refractivity contribution >= 4 is 11.9 Å². The highest BCUT2D eigenvalue weighted by molar-refractivity contribution is 5.89. The summed E-state index contributed by atoms with van der Waals surface area (Å²) in [5.74, 6) is -1.05. The molecule has 7 heteroatoms. The Morgan fingerprint density at radius 1 is 1.00 bits per heavy atom. The molecule has 0 aromatic heterocycles. The van der Waals surface area contributed by atoms with E-state index in [-0.39, 0.29) is 5.78 Å². The van der Waals surface area contributed by atoms with Crippen molar-refractivity contribution in [1.29, 1.82) is 10.5 Å². The van der Waals surface area contributed by atoms with Crippen LogP contribution in [0.15, 0.2) is 54.7 Å². The quantitative estimate of drug-likeness (QED) is 0.736. The molecule has 0 radical (unpaired) electrons. The van der Waals surface area contributed by atoms with Gasteiger partial charge in [-0.3, -0.25) is 9.69 Å². The van der Waals surface area contributed by atoms with Crippen LogP contribution in [-0.4, -0.2) is 11.8 Å². The molecule has 2 aliphatic rings. The van der Waals surface area contributed by atoms with Crippen molar-refractivity contribution in [3.63, 3.8) is 0 Å². The summed E-state index contributed by atoms with van der Waals surface area (Å²) in [6.45, 7) is 5.32. The van der Waals surface area contributed by atoms with Crippen molar-refractivity contribution in [1.82, 2.24) is 0 Å². The third kappa shape index (κ3) is 3.44. The average Bonchev–Trinajstić information content (AvgIpc) is 3.08.